The first-order chi connectivity index (χ1) is 27.3. The average Bonchev–Trinajstić information content (AvgIpc) is 3.17. The van der Waals surface area contributed by atoms with Crippen LogP contribution < -0.4 is 17.0 Å². The third-order valence-corrected chi connectivity index (χ3v) is 10.5. The number of aliphatic hydroxyl groups excluding tert-OH is 2. The number of carbonyl (C=O) groups is 3. The van der Waals surface area contributed by atoms with E-state index < -0.39 is 0 Å². The molecule has 10 heteroatoms. The maximum Gasteiger partial charge on any atom is 0.305 e. The van der Waals surface area contributed by atoms with Gasteiger partial charge >= 0.3 is 11.9 Å². The molecule has 0 heterocycles. The number of amides is 1. The molecule has 336 valence electrons. The van der Waals surface area contributed by atoms with E-state index in [1.165, 1.54) is 103 Å². The average molecular weight is 873 g/mol. The summed E-state index contributed by atoms with van der Waals surface area (Å²) in [6, 6.07) is 0. The Morgan fingerprint density at radius 1 is 0.561 bits per heavy atom. The van der Waals surface area contributed by atoms with Crippen LogP contribution in [0.4, 0.5) is 0 Å². The highest BCUT2D eigenvalue weighted by atomic mass is 79.9. The summed E-state index contributed by atoms with van der Waals surface area (Å²) in [5, 5.41) is 19.0. The monoisotopic (exact) mass is 872 g/mol. The summed E-state index contributed by atoms with van der Waals surface area (Å²) >= 11 is 0. The van der Waals surface area contributed by atoms with Crippen LogP contribution in [0.15, 0.2) is 24.3 Å². The summed E-state index contributed by atoms with van der Waals surface area (Å²) in [4.78, 5) is 39.8. The molecule has 0 aliphatic carbocycles. The van der Waals surface area contributed by atoms with E-state index in [1.54, 1.807) is 18.5 Å². The lowest BCUT2D eigenvalue weighted by Gasteiger charge is -2.43. The fraction of sp³-hybridized carbons (Fsp3) is 0.830. The second-order valence-electron chi connectivity index (χ2n) is 15.9. The van der Waals surface area contributed by atoms with Crippen molar-refractivity contribution in [2.45, 2.75) is 194 Å². The van der Waals surface area contributed by atoms with Gasteiger partial charge in [0, 0.05) is 19.9 Å². The predicted octanol–water partition coefficient (Wildman–Crippen LogP) is 7.57. The summed E-state index contributed by atoms with van der Waals surface area (Å²) in [6.45, 7) is 6.50. The molecule has 0 rings (SSSR count). The van der Waals surface area contributed by atoms with Crippen LogP contribution in [0.2, 0.25) is 0 Å². The number of allylic oxidation sites excluding steroid dienone is 4. The number of hydrogen-bond donors (Lipinski definition) is 2. The lowest BCUT2D eigenvalue weighted by molar-refractivity contribution is -0.874. The number of ether oxygens (including phenoxy) is 2. The van der Waals surface area contributed by atoms with Gasteiger partial charge < -0.3 is 46.1 Å². The Kier molecular flexibility index (Phi) is 44.1. The number of hydrogen-bond acceptors (Lipinski definition) is 7. The standard InChI is InChI=1S/C47H88N2O7.BrH/c1-4-6-8-10-12-14-16-18-20-22-24-26-28-30-32-34-46(53)55-42-36-48(45(52)44-49(3,38-40-50)39-41-51)37-43-56-47(54)35-33-31-29-27-25-23-21-19-17-15-13-11-9-7-5-2;/h18-21,38,50-51H,4-17,22-37,39-44H2,1-3H3;1H/p-1/b20-18-,21-19-;. The normalized spacial score (nSPS) is 12.5. The second kappa shape index (κ2) is 43.8. The van der Waals surface area contributed by atoms with Gasteiger partial charge in [0.15, 0.2) is 0 Å². The Morgan fingerprint density at radius 2 is 0.912 bits per heavy atom. The van der Waals surface area contributed by atoms with Gasteiger partial charge in [-0.2, -0.15) is 0 Å². The first-order valence-corrected chi connectivity index (χ1v) is 23.1. The largest absolute Gasteiger partial charge is 1.00 e. The highest BCUT2D eigenvalue weighted by Crippen LogP contribution is 2.13. The van der Waals surface area contributed by atoms with E-state index in [0.29, 0.717) is 12.8 Å². The van der Waals surface area contributed by atoms with E-state index in [4.69, 9.17) is 9.47 Å². The minimum Gasteiger partial charge on any atom is -1.00 e. The fourth-order valence-electron chi connectivity index (χ4n) is 6.79. The number of halogens is 1. The van der Waals surface area contributed by atoms with Gasteiger partial charge in [0.05, 0.1) is 26.2 Å². The number of unbranched alkanes of at least 4 members (excludes halogenated alkanes) is 22. The minimum atomic E-state index is -0.268. The number of carbonyl (C=O) groups excluding carboxylic acids is 3. The van der Waals surface area contributed by atoms with Crippen LogP contribution in [0.5, 0.6) is 0 Å². The van der Waals surface area contributed by atoms with E-state index in [9.17, 15) is 24.6 Å². The zero-order valence-corrected chi connectivity index (χ0v) is 38.6. The van der Waals surface area contributed by atoms with E-state index in [2.05, 4.69) is 38.2 Å². The zero-order chi connectivity index (χ0) is 41.2. The maximum atomic E-state index is 13.4. The van der Waals surface area contributed by atoms with Gasteiger partial charge in [-0.3, -0.25) is 14.4 Å². The topological polar surface area (TPSA) is 113 Å². The van der Waals surface area contributed by atoms with Crippen molar-refractivity contribution in [3.8, 4) is 0 Å². The third-order valence-electron chi connectivity index (χ3n) is 10.5. The third kappa shape index (κ3) is 39.5. The van der Waals surface area contributed by atoms with Crippen molar-refractivity contribution in [3.63, 3.8) is 0 Å². The molecule has 0 spiro atoms. The van der Waals surface area contributed by atoms with Crippen LogP contribution in [-0.2, 0) is 23.9 Å². The Morgan fingerprint density at radius 3 is 1.26 bits per heavy atom. The highest BCUT2D eigenvalue weighted by molar-refractivity contribution is 5.77. The van der Waals surface area contributed by atoms with Gasteiger partial charge in [-0.1, -0.05) is 141 Å². The molecule has 0 aromatic carbocycles. The molecule has 0 aliphatic rings. The summed E-state index contributed by atoms with van der Waals surface area (Å²) in [7, 11) is 1.77. The van der Waals surface area contributed by atoms with E-state index >= 15 is 0 Å². The van der Waals surface area contributed by atoms with Gasteiger partial charge in [-0.05, 0) is 70.8 Å². The molecule has 0 radical (unpaired) electrons. The van der Waals surface area contributed by atoms with Gasteiger partial charge in [-0.15, -0.1) is 6.54 Å². The molecule has 1 unspecified atom stereocenters. The molecule has 57 heavy (non-hydrogen) atoms. The molecule has 0 aromatic heterocycles. The number of aliphatic hydroxyl groups is 2. The highest BCUT2D eigenvalue weighted by Gasteiger charge is 2.23. The van der Waals surface area contributed by atoms with Crippen LogP contribution in [0.25, 0.3) is 0 Å². The zero-order valence-electron chi connectivity index (χ0n) is 37.1. The van der Waals surface area contributed by atoms with Crippen LogP contribution in [0.3, 0.4) is 0 Å². The Hall–Kier alpha value is -1.75. The summed E-state index contributed by atoms with van der Waals surface area (Å²) in [5.74, 6) is -0.765. The molecule has 1 amide bonds. The van der Waals surface area contributed by atoms with Gasteiger partial charge in [-0.25, -0.2) is 0 Å². The maximum absolute atomic E-state index is 13.4. The number of likely N-dealkylation sites (N-methyl/N-ethyl adjacent to an activating group) is 1. The molecule has 0 fully saturated rings. The Bertz CT molecular complexity index is 913. The van der Waals surface area contributed by atoms with Crippen molar-refractivity contribution in [1.29, 1.82) is 0 Å². The number of quaternary nitrogens is 1. The quantitative estimate of drug-likeness (QED) is 0.0214. The molecule has 0 aromatic rings. The predicted molar refractivity (Wildman–Crippen MR) is 232 cm³/mol. The fourth-order valence-corrected chi connectivity index (χ4v) is 6.79. The second-order valence-corrected chi connectivity index (χ2v) is 15.9. The molecule has 0 saturated heterocycles. The van der Waals surface area contributed by atoms with Crippen molar-refractivity contribution in [1.82, 2.24) is 4.90 Å². The molecule has 2 N–H and O–H groups in total. The first-order valence-electron chi connectivity index (χ1n) is 23.1. The van der Waals surface area contributed by atoms with Crippen LogP contribution in [0, 0.1) is 6.54 Å². The van der Waals surface area contributed by atoms with Gasteiger partial charge in [0.2, 0.25) is 0 Å². The first kappa shape index (κ1) is 57.3. The van der Waals surface area contributed by atoms with E-state index in [-0.39, 0.29) is 91.9 Å². The van der Waals surface area contributed by atoms with E-state index in [1.807, 2.05) is 0 Å². The van der Waals surface area contributed by atoms with Crippen molar-refractivity contribution in [2.24, 2.45) is 0 Å². The molecule has 0 aliphatic heterocycles. The Balaban J connectivity index is 0. The van der Waals surface area contributed by atoms with E-state index in [0.717, 1.165) is 64.2 Å². The summed E-state index contributed by atoms with van der Waals surface area (Å²) in [5.41, 5.74) is 0. The number of nitrogens with zero attached hydrogens (tertiary/aromatic N) is 2. The number of rotatable bonds is 42. The van der Waals surface area contributed by atoms with Crippen molar-refractivity contribution < 1.29 is 55.5 Å². The lowest BCUT2D eigenvalue weighted by atomic mass is 10.1. The van der Waals surface area contributed by atoms with Crippen LogP contribution in [0.1, 0.15) is 194 Å². The molecular formula is C47H88BrN2O7-. The van der Waals surface area contributed by atoms with Crippen LogP contribution in [-0.4, -0.2) is 97.1 Å². The molecule has 9 nitrogen and oxygen atoms in total. The smallest absolute Gasteiger partial charge is 0.305 e. The summed E-state index contributed by atoms with van der Waals surface area (Å²) in [6.07, 6.45) is 41.2. The SMILES string of the molecule is CCCCCCCC/C=C\CCCCCCCC(=O)OCCN(CCOC(=O)CCCCCCC/C=C\CCCCCCCC)C(=O)C[N+](C)([CH-]CO)CCO.[Br-]. The Labute approximate surface area is 361 Å². The van der Waals surface area contributed by atoms with Crippen LogP contribution >= 0.6 is 0 Å². The molecule has 0 bridgehead atoms. The molecule has 0 saturated carbocycles. The van der Waals surface area contributed by atoms with Gasteiger partial charge in [0.25, 0.3) is 5.91 Å². The van der Waals surface area contributed by atoms with Crippen molar-refractivity contribution >= 4 is 17.8 Å². The lowest BCUT2D eigenvalue weighted by Crippen LogP contribution is -3.00. The van der Waals surface area contributed by atoms with Crippen molar-refractivity contribution in [3.05, 3.63) is 30.8 Å². The minimum absolute atomic E-state index is 0. The molecule has 1 atom stereocenters. The number of esters is 2. The van der Waals surface area contributed by atoms with Gasteiger partial charge in [0.1, 0.15) is 19.8 Å². The summed E-state index contributed by atoms with van der Waals surface area (Å²) < 4.78 is 11.0. The van der Waals surface area contributed by atoms with Crippen molar-refractivity contribution in [2.75, 3.05) is 59.7 Å². The molecular weight excluding hydrogens is 784 g/mol.